The molecule has 1 heterocycles. The molecule has 0 bridgehead atoms. The summed E-state index contributed by atoms with van der Waals surface area (Å²) in [7, 11) is 0. The SMILES string of the molecule is c1ccc(-n2c(-c3ccc(-c4ccc5c(c4)C4(c6ccccc6-c6ccccc64)c4ccccc4-5)cc3)nc3ccccc32)cc1. The first kappa shape index (κ1) is 25.3. The van der Waals surface area contributed by atoms with E-state index in [0.29, 0.717) is 0 Å². The molecule has 0 atom stereocenters. The Morgan fingerprint density at radius 1 is 0.391 bits per heavy atom. The van der Waals surface area contributed by atoms with Gasteiger partial charge in [-0.3, -0.25) is 4.57 Å². The summed E-state index contributed by atoms with van der Waals surface area (Å²) in [6.07, 6.45) is 0. The smallest absolute Gasteiger partial charge is 0.145 e. The molecule has 214 valence electrons. The van der Waals surface area contributed by atoms with Gasteiger partial charge < -0.3 is 0 Å². The van der Waals surface area contributed by atoms with Crippen molar-refractivity contribution in [1.82, 2.24) is 9.55 Å². The fourth-order valence-corrected chi connectivity index (χ4v) is 8.14. The van der Waals surface area contributed by atoms with Crippen LogP contribution in [0.1, 0.15) is 22.3 Å². The Labute approximate surface area is 267 Å². The van der Waals surface area contributed by atoms with Gasteiger partial charge in [0.2, 0.25) is 0 Å². The molecular weight excluding hydrogens is 556 g/mol. The van der Waals surface area contributed by atoms with Crippen LogP contribution in [0, 0.1) is 0 Å². The van der Waals surface area contributed by atoms with Crippen molar-refractivity contribution in [3.05, 3.63) is 192 Å². The summed E-state index contributed by atoms with van der Waals surface area (Å²) in [5.41, 5.74) is 17.1. The predicted octanol–water partition coefficient (Wildman–Crippen LogP) is 10.7. The van der Waals surface area contributed by atoms with E-state index in [9.17, 15) is 0 Å². The predicted molar refractivity (Wildman–Crippen MR) is 188 cm³/mol. The fourth-order valence-electron chi connectivity index (χ4n) is 8.14. The highest BCUT2D eigenvalue weighted by Gasteiger charge is 2.51. The molecule has 8 aromatic rings. The second-order valence-corrected chi connectivity index (χ2v) is 12.3. The van der Waals surface area contributed by atoms with Crippen molar-refractivity contribution in [3.8, 4) is 50.5 Å². The van der Waals surface area contributed by atoms with E-state index < -0.39 is 0 Å². The summed E-state index contributed by atoms with van der Waals surface area (Å²) in [6, 6.07) is 61.8. The van der Waals surface area contributed by atoms with Crippen LogP contribution in [0.2, 0.25) is 0 Å². The number of hydrogen-bond acceptors (Lipinski definition) is 1. The van der Waals surface area contributed by atoms with E-state index in [1.54, 1.807) is 0 Å². The molecule has 0 aliphatic heterocycles. The van der Waals surface area contributed by atoms with Gasteiger partial charge in [-0.2, -0.15) is 0 Å². The van der Waals surface area contributed by atoms with E-state index in [2.05, 4.69) is 174 Å². The molecule has 0 unspecified atom stereocenters. The summed E-state index contributed by atoms with van der Waals surface area (Å²) in [4.78, 5) is 5.09. The standard InChI is InChI=1S/C44H28N2/c1-2-12-32(13-3-1)46-42-21-11-10-20-41(42)45-43(46)30-24-22-29(23-25-30)31-26-27-36-35-16-6-9-19-39(35)44(40(36)28-31)37-17-7-4-14-33(37)34-15-5-8-18-38(34)44/h1-28H. The summed E-state index contributed by atoms with van der Waals surface area (Å²) in [6.45, 7) is 0. The van der Waals surface area contributed by atoms with Crippen molar-refractivity contribution in [2.24, 2.45) is 0 Å². The molecule has 0 fully saturated rings. The second-order valence-electron chi connectivity index (χ2n) is 12.3. The summed E-state index contributed by atoms with van der Waals surface area (Å²) >= 11 is 0. The summed E-state index contributed by atoms with van der Waals surface area (Å²) in [5.74, 6) is 0.946. The monoisotopic (exact) mass is 584 g/mol. The first-order valence-electron chi connectivity index (χ1n) is 15.9. The fraction of sp³-hybridized carbons (Fsp3) is 0.0227. The van der Waals surface area contributed by atoms with Crippen LogP contribution < -0.4 is 0 Å². The van der Waals surface area contributed by atoms with Crippen LogP contribution in [-0.4, -0.2) is 9.55 Å². The van der Waals surface area contributed by atoms with Crippen molar-refractivity contribution in [3.63, 3.8) is 0 Å². The van der Waals surface area contributed by atoms with Crippen LogP contribution >= 0.6 is 0 Å². The number of imidazole rings is 1. The highest BCUT2D eigenvalue weighted by molar-refractivity contribution is 5.96. The Morgan fingerprint density at radius 3 is 1.54 bits per heavy atom. The van der Waals surface area contributed by atoms with Gasteiger partial charge in [-0.25, -0.2) is 4.98 Å². The lowest BCUT2D eigenvalue weighted by atomic mass is 9.70. The number of nitrogens with zero attached hydrogens (tertiary/aromatic N) is 2. The zero-order valence-electron chi connectivity index (χ0n) is 25.1. The lowest BCUT2D eigenvalue weighted by Crippen LogP contribution is -2.25. The van der Waals surface area contributed by atoms with Crippen LogP contribution in [0.4, 0.5) is 0 Å². The number of aromatic nitrogens is 2. The average molecular weight is 585 g/mol. The van der Waals surface area contributed by atoms with Gasteiger partial charge in [-0.15, -0.1) is 0 Å². The number of fused-ring (bicyclic) bond motifs is 11. The molecule has 2 aliphatic carbocycles. The van der Waals surface area contributed by atoms with Gasteiger partial charge in [-0.05, 0) is 86.0 Å². The Balaban J connectivity index is 1.14. The third-order valence-electron chi connectivity index (χ3n) is 10.0. The summed E-state index contributed by atoms with van der Waals surface area (Å²) < 4.78 is 2.26. The highest BCUT2D eigenvalue weighted by Crippen LogP contribution is 2.63. The van der Waals surface area contributed by atoms with Gasteiger partial charge in [0.15, 0.2) is 0 Å². The maximum Gasteiger partial charge on any atom is 0.145 e. The van der Waals surface area contributed by atoms with Crippen LogP contribution in [0.25, 0.3) is 61.5 Å². The third kappa shape index (κ3) is 3.33. The first-order valence-corrected chi connectivity index (χ1v) is 15.9. The van der Waals surface area contributed by atoms with E-state index in [0.717, 1.165) is 28.1 Å². The largest absolute Gasteiger partial charge is 0.292 e. The van der Waals surface area contributed by atoms with Crippen LogP contribution in [0.3, 0.4) is 0 Å². The molecule has 1 aromatic heterocycles. The molecule has 2 nitrogen and oxygen atoms in total. The number of para-hydroxylation sites is 3. The Hall–Kier alpha value is -5.99. The zero-order valence-corrected chi connectivity index (χ0v) is 25.1. The molecule has 2 aliphatic rings. The lowest BCUT2D eigenvalue weighted by Gasteiger charge is -2.30. The molecule has 1 spiro atoms. The molecule has 0 saturated heterocycles. The van der Waals surface area contributed by atoms with E-state index in [4.69, 9.17) is 4.98 Å². The topological polar surface area (TPSA) is 17.8 Å². The molecule has 0 amide bonds. The third-order valence-corrected chi connectivity index (χ3v) is 10.0. The Kier molecular flexibility index (Phi) is 5.24. The lowest BCUT2D eigenvalue weighted by molar-refractivity contribution is 0.794. The minimum Gasteiger partial charge on any atom is -0.292 e. The minimum absolute atomic E-state index is 0.338. The first-order chi connectivity index (χ1) is 22.8. The number of benzene rings is 7. The van der Waals surface area contributed by atoms with Crippen molar-refractivity contribution < 1.29 is 0 Å². The van der Waals surface area contributed by atoms with Gasteiger partial charge >= 0.3 is 0 Å². The quantitative estimate of drug-likeness (QED) is 0.202. The molecule has 2 heteroatoms. The molecule has 46 heavy (non-hydrogen) atoms. The van der Waals surface area contributed by atoms with Gasteiger partial charge in [0.25, 0.3) is 0 Å². The molecule has 10 rings (SSSR count). The van der Waals surface area contributed by atoms with E-state index >= 15 is 0 Å². The second kappa shape index (κ2) is 9.50. The maximum atomic E-state index is 5.09. The normalized spacial score (nSPS) is 13.4. The van der Waals surface area contributed by atoms with E-state index in [1.807, 2.05) is 0 Å². The minimum atomic E-state index is -0.338. The number of hydrogen-bond donors (Lipinski definition) is 0. The van der Waals surface area contributed by atoms with Crippen molar-refractivity contribution in [1.29, 1.82) is 0 Å². The van der Waals surface area contributed by atoms with Gasteiger partial charge in [0, 0.05) is 11.3 Å². The van der Waals surface area contributed by atoms with Gasteiger partial charge in [-0.1, -0.05) is 140 Å². The molecule has 7 aromatic carbocycles. The van der Waals surface area contributed by atoms with Crippen LogP contribution in [0.15, 0.2) is 170 Å². The maximum absolute atomic E-state index is 5.09. The summed E-state index contributed by atoms with van der Waals surface area (Å²) in [5, 5.41) is 0. The van der Waals surface area contributed by atoms with Crippen LogP contribution in [0.5, 0.6) is 0 Å². The Bertz CT molecular complexity index is 2400. The van der Waals surface area contributed by atoms with Crippen molar-refractivity contribution in [2.75, 3.05) is 0 Å². The Morgan fingerprint density at radius 2 is 0.891 bits per heavy atom. The van der Waals surface area contributed by atoms with Gasteiger partial charge in [0.1, 0.15) is 5.82 Å². The highest BCUT2D eigenvalue weighted by atomic mass is 15.1. The van der Waals surface area contributed by atoms with E-state index in [1.165, 1.54) is 55.6 Å². The average Bonchev–Trinajstić information content (AvgIpc) is 3.76. The number of rotatable bonds is 3. The van der Waals surface area contributed by atoms with Crippen LogP contribution in [-0.2, 0) is 5.41 Å². The zero-order chi connectivity index (χ0) is 30.2. The molecule has 0 saturated carbocycles. The van der Waals surface area contributed by atoms with Gasteiger partial charge in [0.05, 0.1) is 16.4 Å². The molecule has 0 radical (unpaired) electrons. The van der Waals surface area contributed by atoms with Crippen molar-refractivity contribution in [2.45, 2.75) is 5.41 Å². The van der Waals surface area contributed by atoms with E-state index in [-0.39, 0.29) is 5.41 Å². The van der Waals surface area contributed by atoms with Crippen molar-refractivity contribution >= 4 is 11.0 Å². The molecule has 0 N–H and O–H groups in total. The molecular formula is C44H28N2.